The third-order valence-electron chi connectivity index (χ3n) is 2.69. The second kappa shape index (κ2) is 7.12. The van der Waals surface area contributed by atoms with Gasteiger partial charge in [0.1, 0.15) is 0 Å². The van der Waals surface area contributed by atoms with Gasteiger partial charge in [0, 0.05) is 15.0 Å². The lowest BCUT2D eigenvalue weighted by Gasteiger charge is -2.17. The van der Waals surface area contributed by atoms with Gasteiger partial charge in [-0.05, 0) is 11.6 Å². The second-order valence-electron chi connectivity index (χ2n) is 3.96. The van der Waals surface area contributed by atoms with E-state index < -0.39 is 0 Å². The molecule has 0 aliphatic rings. The molecule has 0 saturated carbocycles. The molecule has 2 aromatic carbocycles. The quantitative estimate of drug-likeness (QED) is 0.528. The van der Waals surface area contributed by atoms with Gasteiger partial charge in [0.15, 0.2) is 0 Å². The fourth-order valence-corrected chi connectivity index (χ4v) is 2.71. The van der Waals surface area contributed by atoms with Crippen LogP contribution in [0, 0.1) is 0 Å². The Morgan fingerprint density at radius 2 is 1.67 bits per heavy atom. The molecule has 1 unspecified atom stereocenters. The predicted molar refractivity (Wildman–Crippen MR) is 84.3 cm³/mol. The highest BCUT2D eigenvalue weighted by molar-refractivity contribution is 14.1. The molecule has 0 aliphatic carbocycles. The number of hydrogen-bond donors (Lipinski definition) is 0. The minimum atomic E-state index is 0.0412. The average Bonchev–Trinajstić information content (AvgIpc) is 2.42. The smallest absolute Gasteiger partial charge is 0.0933 e. The van der Waals surface area contributed by atoms with Gasteiger partial charge in [-0.1, -0.05) is 82.7 Å². The fraction of sp³-hybridized carbons (Fsp3) is 0.200. The van der Waals surface area contributed by atoms with Crippen molar-refractivity contribution >= 4 is 34.2 Å². The first kappa shape index (κ1) is 13.8. The third kappa shape index (κ3) is 3.70. The highest BCUT2D eigenvalue weighted by Crippen LogP contribution is 2.27. The maximum atomic E-state index is 6.20. The molecule has 0 aliphatic heterocycles. The normalized spacial score (nSPS) is 12.3. The Labute approximate surface area is 126 Å². The van der Waals surface area contributed by atoms with Gasteiger partial charge >= 0.3 is 0 Å². The summed E-state index contributed by atoms with van der Waals surface area (Å²) >= 11 is 8.52. The highest BCUT2D eigenvalue weighted by atomic mass is 127. The number of benzene rings is 2. The summed E-state index contributed by atoms with van der Waals surface area (Å²) in [6.45, 7) is 0.611. The first-order valence-electron chi connectivity index (χ1n) is 5.77. The largest absolute Gasteiger partial charge is 0.368 e. The van der Waals surface area contributed by atoms with E-state index in [1.807, 2.05) is 42.5 Å². The van der Waals surface area contributed by atoms with E-state index in [1.54, 1.807) is 0 Å². The van der Waals surface area contributed by atoms with Gasteiger partial charge < -0.3 is 4.74 Å². The van der Waals surface area contributed by atoms with E-state index in [2.05, 4.69) is 34.7 Å². The van der Waals surface area contributed by atoms with Crippen molar-refractivity contribution in [3.8, 4) is 0 Å². The molecule has 0 aromatic heterocycles. The molecule has 0 spiro atoms. The van der Waals surface area contributed by atoms with Crippen LogP contribution in [0.2, 0.25) is 5.02 Å². The summed E-state index contributed by atoms with van der Waals surface area (Å²) in [5.41, 5.74) is 2.24. The van der Waals surface area contributed by atoms with Crippen LogP contribution in [0.4, 0.5) is 0 Å². The monoisotopic (exact) mass is 372 g/mol. The van der Waals surface area contributed by atoms with Crippen LogP contribution in [0.5, 0.6) is 0 Å². The van der Waals surface area contributed by atoms with Crippen molar-refractivity contribution in [3.05, 3.63) is 70.7 Å². The summed E-state index contributed by atoms with van der Waals surface area (Å²) in [5.74, 6) is 0. The van der Waals surface area contributed by atoms with E-state index in [4.69, 9.17) is 16.3 Å². The van der Waals surface area contributed by atoms with Crippen molar-refractivity contribution in [1.29, 1.82) is 0 Å². The third-order valence-corrected chi connectivity index (χ3v) is 3.83. The number of rotatable bonds is 5. The Bertz CT molecular complexity index is 487. The second-order valence-corrected chi connectivity index (χ2v) is 5.25. The molecule has 1 nitrogen and oxygen atoms in total. The first-order chi connectivity index (χ1) is 8.81. The van der Waals surface area contributed by atoms with Crippen LogP contribution in [0.3, 0.4) is 0 Å². The van der Waals surface area contributed by atoms with Gasteiger partial charge in [-0.2, -0.15) is 0 Å². The summed E-state index contributed by atoms with van der Waals surface area (Å²) in [5, 5.41) is 0.771. The lowest BCUT2D eigenvalue weighted by Crippen LogP contribution is -2.06. The van der Waals surface area contributed by atoms with Crippen LogP contribution in [0.15, 0.2) is 54.6 Å². The number of ether oxygens (including phenoxy) is 1. The number of hydrogen-bond acceptors (Lipinski definition) is 1. The standard InChI is InChI=1S/C15H14ClIO/c16-14-9-5-4-8-13(14)15(10-17)18-11-12-6-2-1-3-7-12/h1-9,15H,10-11H2. The van der Waals surface area contributed by atoms with E-state index in [-0.39, 0.29) is 6.10 Å². The maximum absolute atomic E-state index is 6.20. The highest BCUT2D eigenvalue weighted by Gasteiger charge is 2.13. The van der Waals surface area contributed by atoms with Crippen molar-refractivity contribution in [2.75, 3.05) is 4.43 Å². The van der Waals surface area contributed by atoms with Crippen molar-refractivity contribution in [1.82, 2.24) is 0 Å². The molecule has 2 aromatic rings. The van der Waals surface area contributed by atoms with Crippen molar-refractivity contribution in [2.45, 2.75) is 12.7 Å². The van der Waals surface area contributed by atoms with Crippen LogP contribution in [-0.2, 0) is 11.3 Å². The topological polar surface area (TPSA) is 9.23 Å². The van der Waals surface area contributed by atoms with E-state index in [0.717, 1.165) is 15.0 Å². The molecule has 0 radical (unpaired) electrons. The molecular formula is C15H14ClIO. The predicted octanol–water partition coefficient (Wildman–Crippen LogP) is 5.03. The van der Waals surface area contributed by atoms with Crippen LogP contribution in [0.25, 0.3) is 0 Å². The summed E-state index contributed by atoms with van der Waals surface area (Å²) in [4.78, 5) is 0. The Balaban J connectivity index is 2.04. The molecule has 94 valence electrons. The van der Waals surface area contributed by atoms with E-state index in [9.17, 15) is 0 Å². The number of halogens is 2. The summed E-state index contributed by atoms with van der Waals surface area (Å²) < 4.78 is 6.84. The molecule has 0 bridgehead atoms. The summed E-state index contributed by atoms with van der Waals surface area (Å²) in [6.07, 6.45) is 0.0412. The van der Waals surface area contributed by atoms with Gasteiger partial charge in [0.25, 0.3) is 0 Å². The van der Waals surface area contributed by atoms with Crippen LogP contribution >= 0.6 is 34.2 Å². The zero-order valence-corrected chi connectivity index (χ0v) is 12.8. The zero-order chi connectivity index (χ0) is 12.8. The van der Waals surface area contributed by atoms with Crippen LogP contribution in [0.1, 0.15) is 17.2 Å². The Morgan fingerprint density at radius 3 is 2.33 bits per heavy atom. The maximum Gasteiger partial charge on any atom is 0.0933 e. The fourth-order valence-electron chi connectivity index (χ4n) is 1.72. The molecule has 2 rings (SSSR count). The van der Waals surface area contributed by atoms with Crippen molar-refractivity contribution in [3.63, 3.8) is 0 Å². The summed E-state index contributed by atoms with van der Waals surface area (Å²) in [7, 11) is 0. The molecule has 0 fully saturated rings. The molecule has 1 atom stereocenters. The Kier molecular flexibility index (Phi) is 5.47. The van der Waals surface area contributed by atoms with E-state index >= 15 is 0 Å². The van der Waals surface area contributed by atoms with Gasteiger partial charge in [-0.25, -0.2) is 0 Å². The first-order valence-corrected chi connectivity index (χ1v) is 7.67. The number of alkyl halides is 1. The van der Waals surface area contributed by atoms with Crippen molar-refractivity contribution in [2.24, 2.45) is 0 Å². The molecule has 18 heavy (non-hydrogen) atoms. The Morgan fingerprint density at radius 1 is 1.00 bits per heavy atom. The van der Waals surface area contributed by atoms with Crippen LogP contribution in [-0.4, -0.2) is 4.43 Å². The minimum Gasteiger partial charge on any atom is -0.368 e. The van der Waals surface area contributed by atoms with Gasteiger partial charge in [0.2, 0.25) is 0 Å². The average molecular weight is 373 g/mol. The SMILES string of the molecule is Clc1ccccc1C(CI)OCc1ccccc1. The molecular weight excluding hydrogens is 359 g/mol. The summed E-state index contributed by atoms with van der Waals surface area (Å²) in [6, 6.07) is 18.0. The molecule has 0 saturated heterocycles. The molecule has 0 N–H and O–H groups in total. The van der Waals surface area contributed by atoms with Gasteiger partial charge in [-0.15, -0.1) is 0 Å². The van der Waals surface area contributed by atoms with Gasteiger partial charge in [-0.3, -0.25) is 0 Å². The van der Waals surface area contributed by atoms with Gasteiger partial charge in [0.05, 0.1) is 12.7 Å². The molecule has 0 amide bonds. The van der Waals surface area contributed by atoms with Crippen molar-refractivity contribution < 1.29 is 4.74 Å². The van der Waals surface area contributed by atoms with E-state index in [0.29, 0.717) is 6.61 Å². The Hall–Kier alpha value is -0.580. The van der Waals surface area contributed by atoms with E-state index in [1.165, 1.54) is 5.56 Å². The lowest BCUT2D eigenvalue weighted by atomic mass is 10.1. The van der Waals surface area contributed by atoms with Crippen LogP contribution < -0.4 is 0 Å². The minimum absolute atomic E-state index is 0.0412. The molecule has 3 heteroatoms. The zero-order valence-electron chi connectivity index (χ0n) is 9.85. The molecule has 0 heterocycles. The lowest BCUT2D eigenvalue weighted by molar-refractivity contribution is 0.0578.